The first kappa shape index (κ1) is 13.8. The van der Waals surface area contributed by atoms with Crippen LogP contribution < -0.4 is 5.32 Å². The maximum absolute atomic E-state index is 11.9. The second-order valence-electron chi connectivity index (χ2n) is 5.89. The number of rotatable bonds is 4. The van der Waals surface area contributed by atoms with Gasteiger partial charge in [0.25, 0.3) is 0 Å². The Morgan fingerprint density at radius 3 is 2.72 bits per heavy atom. The Bertz CT molecular complexity index is 293. The predicted octanol–water partition coefficient (Wildman–Crippen LogP) is 1.73. The van der Waals surface area contributed by atoms with Crippen LogP contribution in [0, 0.1) is 11.8 Å². The van der Waals surface area contributed by atoms with Gasteiger partial charge in [0, 0.05) is 19.1 Å². The Balaban J connectivity index is 1.75. The van der Waals surface area contributed by atoms with Gasteiger partial charge in [0.15, 0.2) is 0 Å². The van der Waals surface area contributed by atoms with Crippen LogP contribution in [0.5, 0.6) is 0 Å². The third kappa shape index (κ3) is 3.23. The Morgan fingerprint density at radius 2 is 2.11 bits per heavy atom. The summed E-state index contributed by atoms with van der Waals surface area (Å²) in [6.45, 7) is 7.91. The van der Waals surface area contributed by atoms with Gasteiger partial charge in [0.1, 0.15) is 6.10 Å². The quantitative estimate of drug-likeness (QED) is 0.832. The van der Waals surface area contributed by atoms with Crippen molar-refractivity contribution in [3.8, 4) is 0 Å². The summed E-state index contributed by atoms with van der Waals surface area (Å²) in [5.74, 6) is 1.01. The van der Waals surface area contributed by atoms with Crippen LogP contribution in [0.25, 0.3) is 0 Å². The molecule has 0 unspecified atom stereocenters. The van der Waals surface area contributed by atoms with Gasteiger partial charge in [-0.05, 0) is 32.1 Å². The van der Waals surface area contributed by atoms with Gasteiger partial charge in [-0.15, -0.1) is 0 Å². The molecule has 104 valence electrons. The Hall–Kier alpha value is -0.610. The van der Waals surface area contributed by atoms with Crippen LogP contribution in [0.3, 0.4) is 0 Å². The van der Waals surface area contributed by atoms with Crippen LogP contribution in [-0.2, 0) is 14.3 Å². The maximum atomic E-state index is 11.9. The molecule has 2 heterocycles. The van der Waals surface area contributed by atoms with Gasteiger partial charge >= 0.3 is 0 Å². The molecule has 0 radical (unpaired) electrons. The third-order valence-electron chi connectivity index (χ3n) is 3.98. The first-order valence-electron chi connectivity index (χ1n) is 7.12. The molecule has 1 N–H and O–H groups in total. The van der Waals surface area contributed by atoms with Crippen molar-refractivity contribution in [2.45, 2.75) is 58.3 Å². The van der Waals surface area contributed by atoms with Gasteiger partial charge in [0.05, 0.1) is 12.2 Å². The minimum absolute atomic E-state index is 0.0498. The normalized spacial score (nSPS) is 36.2. The van der Waals surface area contributed by atoms with Crippen molar-refractivity contribution in [3.05, 3.63) is 0 Å². The lowest BCUT2D eigenvalue weighted by atomic mass is 9.93. The van der Waals surface area contributed by atoms with Gasteiger partial charge in [-0.3, -0.25) is 4.79 Å². The average Bonchev–Trinajstić information content (AvgIpc) is 2.94. The third-order valence-corrected chi connectivity index (χ3v) is 3.98. The zero-order valence-corrected chi connectivity index (χ0v) is 11.6. The van der Waals surface area contributed by atoms with Crippen molar-refractivity contribution in [2.24, 2.45) is 11.8 Å². The van der Waals surface area contributed by atoms with Crippen molar-refractivity contribution >= 4 is 5.91 Å². The first-order valence-corrected chi connectivity index (χ1v) is 7.12. The number of amides is 1. The van der Waals surface area contributed by atoms with Crippen LogP contribution in [-0.4, -0.2) is 37.4 Å². The molecule has 0 bridgehead atoms. The number of hydrogen-bond donors (Lipinski definition) is 1. The molecule has 2 aliphatic rings. The van der Waals surface area contributed by atoms with Gasteiger partial charge < -0.3 is 14.8 Å². The Morgan fingerprint density at radius 1 is 1.33 bits per heavy atom. The summed E-state index contributed by atoms with van der Waals surface area (Å²) in [4.78, 5) is 11.9. The molecule has 0 aromatic heterocycles. The summed E-state index contributed by atoms with van der Waals surface area (Å²) in [6.07, 6.45) is 3.15. The van der Waals surface area contributed by atoms with E-state index in [4.69, 9.17) is 9.47 Å². The molecule has 4 atom stereocenters. The predicted molar refractivity (Wildman–Crippen MR) is 69.3 cm³/mol. The van der Waals surface area contributed by atoms with Gasteiger partial charge in [0.2, 0.25) is 5.91 Å². The summed E-state index contributed by atoms with van der Waals surface area (Å²) in [6, 6.07) is 0. The van der Waals surface area contributed by atoms with E-state index in [-0.39, 0.29) is 24.2 Å². The Labute approximate surface area is 109 Å². The molecule has 0 aromatic rings. The van der Waals surface area contributed by atoms with Crippen molar-refractivity contribution in [3.63, 3.8) is 0 Å². The number of hydrogen-bond acceptors (Lipinski definition) is 3. The van der Waals surface area contributed by atoms with E-state index in [1.54, 1.807) is 0 Å². The minimum Gasteiger partial charge on any atom is -0.378 e. The molecular formula is C14H25NO3. The van der Waals surface area contributed by atoms with Crippen LogP contribution in [0.2, 0.25) is 0 Å². The second kappa shape index (κ2) is 6.02. The lowest BCUT2D eigenvalue weighted by molar-refractivity contribution is -0.132. The van der Waals surface area contributed by atoms with Crippen LogP contribution in [0.4, 0.5) is 0 Å². The highest BCUT2D eigenvalue weighted by molar-refractivity contribution is 5.81. The van der Waals surface area contributed by atoms with Crippen molar-refractivity contribution in [1.29, 1.82) is 0 Å². The van der Waals surface area contributed by atoms with Crippen molar-refractivity contribution in [2.75, 3.05) is 13.2 Å². The van der Waals surface area contributed by atoms with Crippen LogP contribution in [0.15, 0.2) is 0 Å². The molecule has 0 aliphatic carbocycles. The lowest BCUT2D eigenvalue weighted by Gasteiger charge is -2.22. The zero-order chi connectivity index (χ0) is 13.1. The highest BCUT2D eigenvalue weighted by Gasteiger charge is 2.32. The minimum atomic E-state index is -0.236. The van der Waals surface area contributed by atoms with Gasteiger partial charge in [-0.25, -0.2) is 0 Å². The topological polar surface area (TPSA) is 47.6 Å². The van der Waals surface area contributed by atoms with Crippen molar-refractivity contribution in [1.82, 2.24) is 5.32 Å². The molecule has 1 amide bonds. The largest absolute Gasteiger partial charge is 0.378 e. The van der Waals surface area contributed by atoms with E-state index in [1.807, 2.05) is 6.92 Å². The van der Waals surface area contributed by atoms with Crippen LogP contribution in [0.1, 0.15) is 40.0 Å². The molecule has 0 saturated carbocycles. The Kier molecular flexibility index (Phi) is 4.62. The summed E-state index contributed by atoms with van der Waals surface area (Å²) >= 11 is 0. The maximum Gasteiger partial charge on any atom is 0.249 e. The van der Waals surface area contributed by atoms with Crippen molar-refractivity contribution < 1.29 is 14.3 Å². The average molecular weight is 255 g/mol. The van der Waals surface area contributed by atoms with E-state index in [2.05, 4.69) is 19.2 Å². The fourth-order valence-corrected chi connectivity index (χ4v) is 2.95. The van der Waals surface area contributed by atoms with E-state index >= 15 is 0 Å². The molecule has 0 aromatic carbocycles. The SMILES string of the molecule is CC(C)[C@H]1OCC[C@@H]1CNC(=O)[C@@H]1CC[C@@H](C)O1. The van der Waals surface area contributed by atoms with Gasteiger partial charge in [-0.1, -0.05) is 13.8 Å². The highest BCUT2D eigenvalue weighted by Crippen LogP contribution is 2.26. The number of carbonyl (C=O) groups excluding carboxylic acids is 1. The summed E-state index contributed by atoms with van der Waals surface area (Å²) < 4.78 is 11.3. The highest BCUT2D eigenvalue weighted by atomic mass is 16.5. The summed E-state index contributed by atoms with van der Waals surface area (Å²) in [5, 5.41) is 3.03. The molecule has 4 nitrogen and oxygen atoms in total. The van der Waals surface area contributed by atoms with Gasteiger partial charge in [-0.2, -0.15) is 0 Å². The lowest BCUT2D eigenvalue weighted by Crippen LogP contribution is -2.40. The van der Waals surface area contributed by atoms with Crippen LogP contribution >= 0.6 is 0 Å². The van der Waals surface area contributed by atoms with E-state index < -0.39 is 0 Å². The standard InChI is InChI=1S/C14H25NO3/c1-9(2)13-11(6-7-17-13)8-15-14(16)12-5-4-10(3)18-12/h9-13H,4-8H2,1-3H3,(H,15,16)/t10-,11-,12+,13-/m1/s1. The fourth-order valence-electron chi connectivity index (χ4n) is 2.95. The molecular weight excluding hydrogens is 230 g/mol. The van der Waals surface area contributed by atoms with E-state index in [0.717, 1.165) is 32.4 Å². The smallest absolute Gasteiger partial charge is 0.249 e. The molecule has 4 heteroatoms. The molecule has 2 aliphatic heterocycles. The second-order valence-corrected chi connectivity index (χ2v) is 5.89. The molecule has 0 spiro atoms. The van der Waals surface area contributed by atoms with E-state index in [0.29, 0.717) is 11.8 Å². The summed E-state index contributed by atoms with van der Waals surface area (Å²) in [5.41, 5.74) is 0. The molecule has 18 heavy (non-hydrogen) atoms. The van der Waals surface area contributed by atoms with E-state index in [1.165, 1.54) is 0 Å². The first-order chi connectivity index (χ1) is 8.58. The number of carbonyl (C=O) groups is 1. The monoisotopic (exact) mass is 255 g/mol. The molecule has 2 rings (SSSR count). The molecule has 2 fully saturated rings. The number of ether oxygens (including phenoxy) is 2. The van der Waals surface area contributed by atoms with E-state index in [9.17, 15) is 4.79 Å². The molecule has 2 saturated heterocycles. The summed E-state index contributed by atoms with van der Waals surface area (Å²) in [7, 11) is 0. The number of nitrogens with one attached hydrogen (secondary N) is 1. The zero-order valence-electron chi connectivity index (χ0n) is 11.6. The fraction of sp³-hybridized carbons (Fsp3) is 0.929.